The molecule has 0 unspecified atom stereocenters. The first-order valence-corrected chi connectivity index (χ1v) is 11.4. The molecule has 0 saturated heterocycles. The quantitative estimate of drug-likeness (QED) is 0.492. The van der Waals surface area contributed by atoms with Crippen molar-refractivity contribution in [2.45, 2.75) is 11.8 Å². The first-order chi connectivity index (χ1) is 14.4. The van der Waals surface area contributed by atoms with E-state index >= 15 is 0 Å². The van der Waals surface area contributed by atoms with E-state index in [0.29, 0.717) is 10.8 Å². The minimum Gasteiger partial charge on any atom is -0.298 e. The molecular weight excluding hydrogens is 418 g/mol. The van der Waals surface area contributed by atoms with Crippen LogP contribution in [0.25, 0.3) is 10.2 Å². The molecule has 30 heavy (non-hydrogen) atoms. The summed E-state index contributed by atoms with van der Waals surface area (Å²) in [7, 11) is -2.32. The minimum absolute atomic E-state index is 0.0432. The molecule has 4 rings (SSSR count). The van der Waals surface area contributed by atoms with E-state index in [2.05, 4.69) is 10.3 Å². The number of nitrogens with one attached hydrogen (secondary N) is 1. The Bertz CT molecular complexity index is 1330. The molecule has 0 radical (unpaired) electrons. The number of fused-ring (bicyclic) bond motifs is 1. The van der Waals surface area contributed by atoms with E-state index in [0.717, 1.165) is 15.8 Å². The molecule has 4 aromatic rings. The molecule has 1 aromatic heterocycles. The molecule has 0 atom stereocenters. The van der Waals surface area contributed by atoms with Crippen LogP contribution in [0.5, 0.6) is 0 Å². The van der Waals surface area contributed by atoms with Gasteiger partial charge in [-0.25, -0.2) is 13.4 Å². The highest BCUT2D eigenvalue weighted by molar-refractivity contribution is 7.92. The molecule has 0 aliphatic rings. The number of carbonyl (C=O) groups excluding carboxylic acids is 1. The van der Waals surface area contributed by atoms with Crippen LogP contribution in [-0.4, -0.2) is 26.4 Å². The number of sulfonamides is 1. The minimum atomic E-state index is -3.81. The predicted molar refractivity (Wildman–Crippen MR) is 121 cm³/mol. The number of para-hydroxylation sites is 2. The Balaban J connectivity index is 1.60. The number of aromatic nitrogens is 1. The zero-order chi connectivity index (χ0) is 21.3. The molecule has 0 aliphatic heterocycles. The fourth-order valence-corrected chi connectivity index (χ4v) is 5.22. The summed E-state index contributed by atoms with van der Waals surface area (Å²) in [4.78, 5) is 17.3. The van der Waals surface area contributed by atoms with Gasteiger partial charge in [0.05, 0.1) is 20.8 Å². The number of carbonyl (C=O) groups is 1. The Labute approximate surface area is 178 Å². The highest BCUT2D eigenvalue weighted by Crippen LogP contribution is 2.28. The third-order valence-electron chi connectivity index (χ3n) is 4.72. The lowest BCUT2D eigenvalue weighted by atomic mass is 10.2. The zero-order valence-electron chi connectivity index (χ0n) is 16.4. The van der Waals surface area contributed by atoms with Crippen molar-refractivity contribution < 1.29 is 13.2 Å². The largest absolute Gasteiger partial charge is 0.298 e. The van der Waals surface area contributed by atoms with Gasteiger partial charge in [-0.1, -0.05) is 47.7 Å². The standard InChI is InChI=1S/C22H19N3O3S2/c1-15-8-6-13-19-20(15)23-22(29-19)24-21(26)16-9-7-12-18(14-16)30(27,28)25(2)17-10-4-3-5-11-17/h3-14H,1-2H3,(H,23,24,26). The van der Waals surface area contributed by atoms with Gasteiger partial charge in [0.25, 0.3) is 15.9 Å². The summed E-state index contributed by atoms with van der Waals surface area (Å²) < 4.78 is 28.2. The van der Waals surface area contributed by atoms with E-state index in [9.17, 15) is 13.2 Å². The molecule has 0 bridgehead atoms. The molecule has 0 fully saturated rings. The van der Waals surface area contributed by atoms with E-state index in [4.69, 9.17) is 0 Å². The molecule has 152 valence electrons. The molecule has 1 N–H and O–H groups in total. The Morgan fingerprint density at radius 2 is 1.73 bits per heavy atom. The summed E-state index contributed by atoms with van der Waals surface area (Å²) in [5.74, 6) is -0.411. The highest BCUT2D eigenvalue weighted by atomic mass is 32.2. The molecule has 0 saturated carbocycles. The first kappa shape index (κ1) is 20.1. The van der Waals surface area contributed by atoms with E-state index < -0.39 is 15.9 Å². The number of hydrogen-bond acceptors (Lipinski definition) is 5. The number of nitrogens with zero attached hydrogens (tertiary/aromatic N) is 2. The highest BCUT2D eigenvalue weighted by Gasteiger charge is 2.22. The van der Waals surface area contributed by atoms with Crippen molar-refractivity contribution >= 4 is 48.3 Å². The maximum Gasteiger partial charge on any atom is 0.264 e. The number of rotatable bonds is 5. The van der Waals surface area contributed by atoms with E-state index in [1.165, 1.54) is 34.8 Å². The Morgan fingerprint density at radius 1 is 1.00 bits per heavy atom. The molecule has 6 nitrogen and oxygen atoms in total. The molecule has 8 heteroatoms. The van der Waals surface area contributed by atoms with Crippen LogP contribution < -0.4 is 9.62 Å². The molecule has 1 heterocycles. The maximum atomic E-state index is 13.0. The third kappa shape index (κ3) is 3.79. The second-order valence-electron chi connectivity index (χ2n) is 6.73. The normalized spacial score (nSPS) is 11.4. The third-order valence-corrected chi connectivity index (χ3v) is 7.43. The van der Waals surface area contributed by atoms with Gasteiger partial charge in [0, 0.05) is 12.6 Å². The average molecular weight is 438 g/mol. The van der Waals surface area contributed by atoms with Crippen molar-refractivity contribution in [1.82, 2.24) is 4.98 Å². The zero-order valence-corrected chi connectivity index (χ0v) is 18.0. The first-order valence-electron chi connectivity index (χ1n) is 9.18. The maximum absolute atomic E-state index is 13.0. The van der Waals surface area contributed by atoms with Gasteiger partial charge in [0.2, 0.25) is 0 Å². The monoisotopic (exact) mass is 437 g/mol. The summed E-state index contributed by atoms with van der Waals surface area (Å²) in [6, 6.07) is 20.6. The number of anilines is 2. The second kappa shape index (κ2) is 7.89. The van der Waals surface area contributed by atoms with E-state index in [1.54, 1.807) is 36.4 Å². The lowest BCUT2D eigenvalue weighted by Gasteiger charge is -2.19. The molecule has 0 aliphatic carbocycles. The van der Waals surface area contributed by atoms with Gasteiger partial charge < -0.3 is 0 Å². The summed E-state index contributed by atoms with van der Waals surface area (Å²) in [6.45, 7) is 1.96. The van der Waals surface area contributed by atoms with Crippen LogP contribution in [0.4, 0.5) is 10.8 Å². The molecule has 0 spiro atoms. The lowest BCUT2D eigenvalue weighted by Crippen LogP contribution is -2.26. The smallest absolute Gasteiger partial charge is 0.264 e. The van der Waals surface area contributed by atoms with Crippen LogP contribution in [0.1, 0.15) is 15.9 Å². The van der Waals surface area contributed by atoms with Crippen LogP contribution in [0.15, 0.2) is 77.7 Å². The second-order valence-corrected chi connectivity index (χ2v) is 9.73. The topological polar surface area (TPSA) is 79.4 Å². The average Bonchev–Trinajstić information content (AvgIpc) is 3.17. The number of thiazole rings is 1. The van der Waals surface area contributed by atoms with Crippen LogP contribution in [-0.2, 0) is 10.0 Å². The molecule has 3 aromatic carbocycles. The summed E-state index contributed by atoms with van der Waals surface area (Å²) in [5.41, 5.74) is 2.66. The van der Waals surface area contributed by atoms with Crippen LogP contribution in [0, 0.1) is 6.92 Å². The van der Waals surface area contributed by atoms with Gasteiger partial charge in [-0.2, -0.15) is 0 Å². The molecular formula is C22H19N3O3S2. The summed E-state index contributed by atoms with van der Waals surface area (Å²) >= 11 is 1.38. The number of benzene rings is 3. The summed E-state index contributed by atoms with van der Waals surface area (Å²) in [5, 5.41) is 3.25. The Kier molecular flexibility index (Phi) is 5.27. The predicted octanol–water partition coefficient (Wildman–Crippen LogP) is 4.68. The Morgan fingerprint density at radius 3 is 2.47 bits per heavy atom. The van der Waals surface area contributed by atoms with Crippen molar-refractivity contribution in [2.75, 3.05) is 16.7 Å². The SMILES string of the molecule is Cc1cccc2sc(NC(=O)c3cccc(S(=O)(=O)N(C)c4ccccc4)c3)nc12. The van der Waals surface area contributed by atoms with E-state index in [-0.39, 0.29) is 10.5 Å². The van der Waals surface area contributed by atoms with Crippen molar-refractivity contribution in [3.05, 3.63) is 83.9 Å². The fourth-order valence-electron chi connectivity index (χ4n) is 3.04. The molecule has 1 amide bonds. The van der Waals surface area contributed by atoms with Gasteiger partial charge in [-0.3, -0.25) is 14.4 Å². The van der Waals surface area contributed by atoms with Gasteiger partial charge >= 0.3 is 0 Å². The van der Waals surface area contributed by atoms with Crippen LogP contribution in [0.3, 0.4) is 0 Å². The fraction of sp³-hybridized carbons (Fsp3) is 0.0909. The van der Waals surface area contributed by atoms with E-state index in [1.807, 2.05) is 31.2 Å². The van der Waals surface area contributed by atoms with Crippen molar-refractivity contribution in [3.8, 4) is 0 Å². The van der Waals surface area contributed by atoms with Gasteiger partial charge in [-0.05, 0) is 48.9 Å². The van der Waals surface area contributed by atoms with Crippen molar-refractivity contribution in [3.63, 3.8) is 0 Å². The number of hydrogen-bond donors (Lipinski definition) is 1. The number of amides is 1. The van der Waals surface area contributed by atoms with Gasteiger partial charge in [0.1, 0.15) is 0 Å². The van der Waals surface area contributed by atoms with Crippen LogP contribution in [0.2, 0.25) is 0 Å². The van der Waals surface area contributed by atoms with Gasteiger partial charge in [0.15, 0.2) is 5.13 Å². The van der Waals surface area contributed by atoms with Crippen molar-refractivity contribution in [1.29, 1.82) is 0 Å². The van der Waals surface area contributed by atoms with Crippen LogP contribution >= 0.6 is 11.3 Å². The number of aryl methyl sites for hydroxylation is 1. The van der Waals surface area contributed by atoms with Gasteiger partial charge in [-0.15, -0.1) is 0 Å². The summed E-state index contributed by atoms with van der Waals surface area (Å²) in [6.07, 6.45) is 0. The Hall–Kier alpha value is -3.23. The lowest BCUT2D eigenvalue weighted by molar-refractivity contribution is 0.102. The van der Waals surface area contributed by atoms with Crippen molar-refractivity contribution in [2.24, 2.45) is 0 Å².